The number of benzene rings is 1. The first-order chi connectivity index (χ1) is 13.4. The highest BCUT2D eigenvalue weighted by atomic mass is 32.2. The molecule has 1 aromatic carbocycles. The van der Waals surface area contributed by atoms with Gasteiger partial charge in [-0.3, -0.25) is 4.79 Å². The Labute approximate surface area is 166 Å². The van der Waals surface area contributed by atoms with Crippen LogP contribution in [0.25, 0.3) is 0 Å². The Morgan fingerprint density at radius 3 is 2.54 bits per heavy atom. The van der Waals surface area contributed by atoms with Crippen LogP contribution in [0.15, 0.2) is 53.0 Å². The number of hydrogen-bond acceptors (Lipinski definition) is 8. The topological polar surface area (TPSA) is 140 Å². The van der Waals surface area contributed by atoms with E-state index in [1.165, 1.54) is 23.5 Å². The molecule has 28 heavy (non-hydrogen) atoms. The number of nitrogens with two attached hydrogens (primary N) is 1. The lowest BCUT2D eigenvalue weighted by atomic mass is 10.1. The molecule has 11 heteroatoms. The van der Waals surface area contributed by atoms with Crippen LogP contribution in [0.3, 0.4) is 0 Å². The fraction of sp³-hybridized carbons (Fsp3) is 0.176. The molecule has 0 saturated heterocycles. The van der Waals surface area contributed by atoms with Crippen molar-refractivity contribution in [2.45, 2.75) is 17.7 Å². The fourth-order valence-electron chi connectivity index (χ4n) is 2.32. The van der Waals surface area contributed by atoms with E-state index in [1.807, 2.05) is 0 Å². The van der Waals surface area contributed by atoms with Gasteiger partial charge in [0.25, 0.3) is 0 Å². The van der Waals surface area contributed by atoms with Gasteiger partial charge in [-0.05, 0) is 30.2 Å². The van der Waals surface area contributed by atoms with Crippen LogP contribution in [0.5, 0.6) is 0 Å². The quantitative estimate of drug-likeness (QED) is 0.500. The SMILES string of the molecule is NS(=O)(=O)c1ccc(CCNC(=O)Cc2csc(Nc3ncccn3)n2)cc1. The summed E-state index contributed by atoms with van der Waals surface area (Å²) in [5, 5.41) is 13.3. The molecule has 3 rings (SSSR count). The Morgan fingerprint density at radius 1 is 1.14 bits per heavy atom. The molecular formula is C17H18N6O3S2. The van der Waals surface area contributed by atoms with Crippen LogP contribution in [0.2, 0.25) is 0 Å². The number of thiazole rings is 1. The molecule has 0 spiro atoms. The monoisotopic (exact) mass is 418 g/mol. The summed E-state index contributed by atoms with van der Waals surface area (Å²) in [6.07, 6.45) is 3.99. The molecule has 1 amide bonds. The molecule has 0 saturated carbocycles. The largest absolute Gasteiger partial charge is 0.355 e. The van der Waals surface area contributed by atoms with Crippen LogP contribution in [-0.2, 0) is 27.7 Å². The highest BCUT2D eigenvalue weighted by Crippen LogP contribution is 2.18. The summed E-state index contributed by atoms with van der Waals surface area (Å²) in [6, 6.07) is 7.97. The van der Waals surface area contributed by atoms with Gasteiger partial charge in [0.05, 0.1) is 17.0 Å². The minimum Gasteiger partial charge on any atom is -0.355 e. The summed E-state index contributed by atoms with van der Waals surface area (Å²) in [6.45, 7) is 0.431. The zero-order chi connectivity index (χ0) is 20.0. The maximum atomic E-state index is 12.1. The van der Waals surface area contributed by atoms with Crippen molar-refractivity contribution in [3.8, 4) is 0 Å². The molecule has 0 aliphatic rings. The number of anilines is 2. The summed E-state index contributed by atoms with van der Waals surface area (Å²) in [4.78, 5) is 24.6. The maximum Gasteiger partial charge on any atom is 0.238 e. The Bertz CT molecular complexity index is 1040. The summed E-state index contributed by atoms with van der Waals surface area (Å²) < 4.78 is 22.5. The second-order valence-corrected chi connectivity index (χ2v) is 8.23. The van der Waals surface area contributed by atoms with Gasteiger partial charge in [0.2, 0.25) is 21.9 Å². The highest BCUT2D eigenvalue weighted by molar-refractivity contribution is 7.89. The highest BCUT2D eigenvalue weighted by Gasteiger charge is 2.09. The van der Waals surface area contributed by atoms with E-state index in [1.54, 1.807) is 36.0 Å². The van der Waals surface area contributed by atoms with Gasteiger partial charge in [-0.1, -0.05) is 12.1 Å². The van der Waals surface area contributed by atoms with Gasteiger partial charge < -0.3 is 10.6 Å². The third-order valence-corrected chi connectivity index (χ3v) is 5.40. The van der Waals surface area contributed by atoms with E-state index in [9.17, 15) is 13.2 Å². The number of hydrogen-bond donors (Lipinski definition) is 3. The number of rotatable bonds is 8. The number of sulfonamides is 1. The Balaban J connectivity index is 1.44. The average Bonchev–Trinajstić information content (AvgIpc) is 3.09. The van der Waals surface area contributed by atoms with E-state index >= 15 is 0 Å². The van der Waals surface area contributed by atoms with E-state index in [2.05, 4.69) is 25.6 Å². The van der Waals surface area contributed by atoms with Crippen LogP contribution < -0.4 is 15.8 Å². The van der Waals surface area contributed by atoms with Crippen molar-refractivity contribution in [2.75, 3.05) is 11.9 Å². The lowest BCUT2D eigenvalue weighted by Gasteiger charge is -2.05. The third kappa shape index (κ3) is 5.81. The van der Waals surface area contributed by atoms with E-state index in [4.69, 9.17) is 5.14 Å². The number of nitrogens with zero attached hydrogens (tertiary/aromatic N) is 3. The minimum absolute atomic E-state index is 0.0640. The van der Waals surface area contributed by atoms with Gasteiger partial charge in [-0.2, -0.15) is 0 Å². The number of primary sulfonamides is 1. The van der Waals surface area contributed by atoms with Crippen molar-refractivity contribution in [2.24, 2.45) is 5.14 Å². The number of carbonyl (C=O) groups is 1. The summed E-state index contributed by atoms with van der Waals surface area (Å²) in [5.41, 5.74) is 1.55. The Hall–Kier alpha value is -2.89. The molecule has 2 heterocycles. The molecule has 2 aromatic heterocycles. The van der Waals surface area contributed by atoms with Gasteiger partial charge in [-0.15, -0.1) is 11.3 Å². The molecule has 146 valence electrons. The second-order valence-electron chi connectivity index (χ2n) is 5.81. The van der Waals surface area contributed by atoms with Crippen molar-refractivity contribution in [1.82, 2.24) is 20.3 Å². The van der Waals surface area contributed by atoms with Gasteiger partial charge in [-0.25, -0.2) is 28.5 Å². The molecule has 0 aliphatic carbocycles. The van der Waals surface area contributed by atoms with Crippen LogP contribution >= 0.6 is 11.3 Å². The normalized spacial score (nSPS) is 11.2. The molecule has 9 nitrogen and oxygen atoms in total. The van der Waals surface area contributed by atoms with Gasteiger partial charge in [0.1, 0.15) is 0 Å². The van der Waals surface area contributed by atoms with Crippen molar-refractivity contribution < 1.29 is 13.2 Å². The molecule has 0 radical (unpaired) electrons. The van der Waals surface area contributed by atoms with Crippen LogP contribution in [-0.4, -0.2) is 35.8 Å². The van der Waals surface area contributed by atoms with Gasteiger partial charge >= 0.3 is 0 Å². The fourth-order valence-corrected chi connectivity index (χ4v) is 3.54. The standard InChI is InChI=1S/C17H18N6O3S2/c18-28(25,26)14-4-2-12(3-5-14)6-9-19-15(24)10-13-11-27-17(22-13)23-16-20-7-1-8-21-16/h1-5,7-8,11H,6,9-10H2,(H,19,24)(H2,18,25,26)(H,20,21,22,23). The minimum atomic E-state index is -3.69. The summed E-state index contributed by atoms with van der Waals surface area (Å²) in [5.74, 6) is 0.301. The summed E-state index contributed by atoms with van der Waals surface area (Å²) in [7, 11) is -3.69. The van der Waals surface area contributed by atoms with Crippen molar-refractivity contribution in [3.63, 3.8) is 0 Å². The first kappa shape index (κ1) is 19.9. The zero-order valence-corrected chi connectivity index (χ0v) is 16.3. The second kappa shape index (κ2) is 8.87. The third-order valence-electron chi connectivity index (χ3n) is 3.67. The predicted molar refractivity (Wildman–Crippen MR) is 106 cm³/mol. The summed E-state index contributed by atoms with van der Waals surface area (Å²) >= 11 is 1.37. The average molecular weight is 419 g/mol. The van der Waals surface area contributed by atoms with Gasteiger partial charge in [0.15, 0.2) is 5.13 Å². The molecule has 0 atom stereocenters. The van der Waals surface area contributed by atoms with E-state index in [0.717, 1.165) is 5.56 Å². The molecular weight excluding hydrogens is 400 g/mol. The number of amides is 1. The zero-order valence-electron chi connectivity index (χ0n) is 14.7. The molecule has 0 unspecified atom stereocenters. The van der Waals surface area contributed by atoms with Crippen LogP contribution in [0.1, 0.15) is 11.3 Å². The first-order valence-electron chi connectivity index (χ1n) is 8.27. The van der Waals surface area contributed by atoms with Crippen molar-refractivity contribution in [1.29, 1.82) is 0 Å². The number of nitrogens with one attached hydrogen (secondary N) is 2. The lowest BCUT2D eigenvalue weighted by Crippen LogP contribution is -2.27. The molecule has 4 N–H and O–H groups in total. The van der Waals surface area contributed by atoms with Crippen LogP contribution in [0, 0.1) is 0 Å². The Kier molecular flexibility index (Phi) is 6.29. The molecule has 0 bridgehead atoms. The lowest BCUT2D eigenvalue weighted by molar-refractivity contribution is -0.120. The van der Waals surface area contributed by atoms with Gasteiger partial charge in [0, 0.05) is 24.3 Å². The smallest absolute Gasteiger partial charge is 0.238 e. The predicted octanol–water partition coefficient (Wildman–Crippen LogP) is 1.23. The van der Waals surface area contributed by atoms with Crippen molar-refractivity contribution >= 4 is 38.3 Å². The number of aromatic nitrogens is 3. The Morgan fingerprint density at radius 2 is 1.86 bits per heavy atom. The van der Waals surface area contributed by atoms with E-state index < -0.39 is 10.0 Å². The first-order valence-corrected chi connectivity index (χ1v) is 10.7. The molecule has 3 aromatic rings. The van der Waals surface area contributed by atoms with E-state index in [0.29, 0.717) is 29.7 Å². The van der Waals surface area contributed by atoms with E-state index in [-0.39, 0.29) is 17.2 Å². The number of carbonyl (C=O) groups excluding carboxylic acids is 1. The van der Waals surface area contributed by atoms with Crippen LogP contribution in [0.4, 0.5) is 11.1 Å². The van der Waals surface area contributed by atoms with Crippen molar-refractivity contribution in [3.05, 3.63) is 59.4 Å². The molecule has 0 fully saturated rings. The maximum absolute atomic E-state index is 12.1. The molecule has 0 aliphatic heterocycles.